The van der Waals surface area contributed by atoms with Crippen molar-refractivity contribution in [1.82, 2.24) is 0 Å². The second-order valence-electron chi connectivity index (χ2n) is 7.18. The van der Waals surface area contributed by atoms with Crippen molar-refractivity contribution < 1.29 is 24.2 Å². The van der Waals surface area contributed by atoms with Gasteiger partial charge in [0, 0.05) is 30.5 Å². The first-order chi connectivity index (χ1) is 14.0. The molecule has 6 nitrogen and oxygen atoms in total. The number of carbonyl (C=O) groups is 3. The molecule has 0 saturated heterocycles. The van der Waals surface area contributed by atoms with Gasteiger partial charge in [-0.1, -0.05) is 12.1 Å². The molecule has 2 N–H and O–H groups in total. The highest BCUT2D eigenvalue weighted by molar-refractivity contribution is 6.00. The van der Waals surface area contributed by atoms with E-state index in [1.165, 1.54) is 11.1 Å². The molecule has 0 bridgehead atoms. The lowest BCUT2D eigenvalue weighted by Gasteiger charge is -2.08. The van der Waals surface area contributed by atoms with Crippen LogP contribution in [0.5, 0.6) is 5.75 Å². The monoisotopic (exact) mass is 395 g/mol. The Hall–Kier alpha value is -3.15. The highest BCUT2D eigenvalue weighted by Gasteiger charge is 2.15. The third-order valence-electron chi connectivity index (χ3n) is 4.94. The molecule has 0 heterocycles. The van der Waals surface area contributed by atoms with Gasteiger partial charge in [0.2, 0.25) is 5.91 Å². The van der Waals surface area contributed by atoms with Crippen LogP contribution in [0.4, 0.5) is 5.69 Å². The number of aryl methyl sites for hydroxylation is 2. The van der Waals surface area contributed by atoms with E-state index in [4.69, 9.17) is 9.84 Å². The van der Waals surface area contributed by atoms with E-state index in [0.29, 0.717) is 30.0 Å². The fraction of sp³-hybridized carbons (Fsp3) is 0.348. The van der Waals surface area contributed by atoms with Crippen molar-refractivity contribution in [3.63, 3.8) is 0 Å². The minimum Gasteiger partial charge on any atom is -0.494 e. The Balaban J connectivity index is 1.42. The number of amides is 1. The Kier molecular flexibility index (Phi) is 7.00. The van der Waals surface area contributed by atoms with Crippen LogP contribution in [-0.4, -0.2) is 29.4 Å². The van der Waals surface area contributed by atoms with Crippen LogP contribution in [-0.2, 0) is 22.4 Å². The number of hydrogen-bond donors (Lipinski definition) is 2. The molecule has 3 rings (SSSR count). The molecule has 2 aromatic carbocycles. The summed E-state index contributed by atoms with van der Waals surface area (Å²) in [7, 11) is 0. The van der Waals surface area contributed by atoms with E-state index in [0.717, 1.165) is 19.3 Å². The normalized spacial score (nSPS) is 12.3. The summed E-state index contributed by atoms with van der Waals surface area (Å²) in [5.74, 6) is -0.462. The number of rotatable bonds is 10. The molecule has 29 heavy (non-hydrogen) atoms. The minimum atomic E-state index is -0.846. The maximum Gasteiger partial charge on any atom is 0.303 e. The maximum absolute atomic E-state index is 12.4. The summed E-state index contributed by atoms with van der Waals surface area (Å²) in [6.07, 6.45) is 4.05. The lowest BCUT2D eigenvalue weighted by atomic mass is 10.0. The fourth-order valence-electron chi connectivity index (χ4n) is 3.39. The third-order valence-corrected chi connectivity index (χ3v) is 4.94. The van der Waals surface area contributed by atoms with Gasteiger partial charge in [-0.05, 0) is 67.1 Å². The number of anilines is 1. The number of ether oxygens (including phenoxy) is 1. The number of carboxylic acid groups (broad SMARTS) is 1. The molecule has 0 fully saturated rings. The summed E-state index contributed by atoms with van der Waals surface area (Å²) < 4.78 is 5.46. The van der Waals surface area contributed by atoms with Gasteiger partial charge in [-0.25, -0.2) is 0 Å². The number of Topliss-reactive ketones (excluding diaryl/α,β-unsaturated/α-hetero) is 1. The van der Waals surface area contributed by atoms with Gasteiger partial charge in [-0.15, -0.1) is 0 Å². The number of nitrogens with one attached hydrogen (secondary N) is 1. The van der Waals surface area contributed by atoms with Gasteiger partial charge in [0.25, 0.3) is 0 Å². The molecular weight excluding hydrogens is 370 g/mol. The van der Waals surface area contributed by atoms with Crippen LogP contribution in [0.1, 0.15) is 53.6 Å². The molecule has 0 saturated carbocycles. The van der Waals surface area contributed by atoms with E-state index in [1.807, 2.05) is 18.2 Å². The van der Waals surface area contributed by atoms with E-state index in [1.54, 1.807) is 24.3 Å². The van der Waals surface area contributed by atoms with Crippen molar-refractivity contribution >= 4 is 23.3 Å². The lowest BCUT2D eigenvalue weighted by molar-refractivity contribution is -0.137. The van der Waals surface area contributed by atoms with Crippen LogP contribution in [0.15, 0.2) is 42.5 Å². The predicted molar refractivity (Wildman–Crippen MR) is 109 cm³/mol. The topological polar surface area (TPSA) is 92.7 Å². The Bertz CT molecular complexity index is 889. The first kappa shape index (κ1) is 20.6. The number of ketones is 1. The molecule has 0 radical (unpaired) electrons. The zero-order valence-corrected chi connectivity index (χ0v) is 16.3. The number of hydrogen-bond acceptors (Lipinski definition) is 4. The molecule has 1 amide bonds. The third kappa shape index (κ3) is 6.17. The van der Waals surface area contributed by atoms with E-state index >= 15 is 0 Å². The molecule has 0 unspecified atom stereocenters. The fourth-order valence-corrected chi connectivity index (χ4v) is 3.39. The summed E-state index contributed by atoms with van der Waals surface area (Å²) in [5, 5.41) is 11.4. The first-order valence-corrected chi connectivity index (χ1v) is 9.91. The number of carbonyl (C=O) groups excluding carboxylic acids is 2. The zero-order chi connectivity index (χ0) is 20.6. The average Bonchev–Trinajstić information content (AvgIpc) is 3.18. The first-order valence-electron chi connectivity index (χ1n) is 9.91. The molecule has 0 aliphatic heterocycles. The van der Waals surface area contributed by atoms with Gasteiger partial charge in [0.15, 0.2) is 5.78 Å². The van der Waals surface area contributed by atoms with Gasteiger partial charge < -0.3 is 15.2 Å². The Morgan fingerprint density at radius 1 is 0.931 bits per heavy atom. The number of benzene rings is 2. The van der Waals surface area contributed by atoms with Crippen molar-refractivity contribution in [3.8, 4) is 5.75 Å². The summed E-state index contributed by atoms with van der Waals surface area (Å²) >= 11 is 0. The SMILES string of the molecule is O=C(O)CCCOc1ccc(NC(=O)CCC(=O)c2ccc3c(c2)CCC3)cc1. The molecule has 0 spiro atoms. The Morgan fingerprint density at radius 3 is 2.45 bits per heavy atom. The van der Waals surface area contributed by atoms with Crippen LogP contribution in [0.3, 0.4) is 0 Å². The molecule has 152 valence electrons. The quantitative estimate of drug-likeness (QED) is 0.468. The van der Waals surface area contributed by atoms with Crippen molar-refractivity contribution in [2.75, 3.05) is 11.9 Å². The van der Waals surface area contributed by atoms with Gasteiger partial charge in [0.05, 0.1) is 6.61 Å². The highest BCUT2D eigenvalue weighted by atomic mass is 16.5. The standard InChI is InChI=1S/C23H25NO5/c25-21(18-7-6-16-3-1-4-17(16)15-18)12-13-22(26)24-19-8-10-20(11-9-19)29-14-2-5-23(27)28/h6-11,15H,1-5,12-14H2,(H,24,26)(H,27,28). The van der Waals surface area contributed by atoms with E-state index in [2.05, 4.69) is 5.32 Å². The molecule has 0 aromatic heterocycles. The Labute approximate surface area is 169 Å². The molecule has 0 atom stereocenters. The molecule has 6 heteroatoms. The van der Waals surface area contributed by atoms with E-state index < -0.39 is 5.97 Å². The number of aliphatic carboxylic acids is 1. The van der Waals surface area contributed by atoms with Gasteiger partial charge in [-0.3, -0.25) is 14.4 Å². The van der Waals surface area contributed by atoms with Crippen molar-refractivity contribution in [3.05, 3.63) is 59.2 Å². The largest absolute Gasteiger partial charge is 0.494 e. The summed E-state index contributed by atoms with van der Waals surface area (Å²) in [4.78, 5) is 35.0. The maximum atomic E-state index is 12.4. The molecule has 2 aromatic rings. The summed E-state index contributed by atoms with van der Waals surface area (Å²) in [6, 6.07) is 12.7. The minimum absolute atomic E-state index is 0.0139. The number of carboxylic acids is 1. The van der Waals surface area contributed by atoms with E-state index in [9.17, 15) is 14.4 Å². The van der Waals surface area contributed by atoms with Crippen LogP contribution < -0.4 is 10.1 Å². The smallest absolute Gasteiger partial charge is 0.303 e. The van der Waals surface area contributed by atoms with Gasteiger partial charge in [0.1, 0.15) is 5.75 Å². The molecule has 1 aliphatic carbocycles. The molecular formula is C23H25NO5. The van der Waals surface area contributed by atoms with Crippen LogP contribution in [0, 0.1) is 0 Å². The van der Waals surface area contributed by atoms with Crippen molar-refractivity contribution in [2.45, 2.75) is 44.9 Å². The molecule has 1 aliphatic rings. The lowest BCUT2D eigenvalue weighted by Crippen LogP contribution is -2.13. The number of fused-ring (bicyclic) bond motifs is 1. The van der Waals surface area contributed by atoms with Crippen LogP contribution in [0.25, 0.3) is 0 Å². The highest BCUT2D eigenvalue weighted by Crippen LogP contribution is 2.23. The Morgan fingerprint density at radius 2 is 1.69 bits per heavy atom. The second-order valence-corrected chi connectivity index (χ2v) is 7.18. The average molecular weight is 395 g/mol. The van der Waals surface area contributed by atoms with E-state index in [-0.39, 0.29) is 31.0 Å². The second kappa shape index (κ2) is 9.87. The summed E-state index contributed by atoms with van der Waals surface area (Å²) in [5.41, 5.74) is 3.89. The van der Waals surface area contributed by atoms with Crippen molar-refractivity contribution in [2.24, 2.45) is 0 Å². The van der Waals surface area contributed by atoms with Crippen LogP contribution >= 0.6 is 0 Å². The van der Waals surface area contributed by atoms with Crippen LogP contribution in [0.2, 0.25) is 0 Å². The van der Waals surface area contributed by atoms with Gasteiger partial charge in [-0.2, -0.15) is 0 Å². The van der Waals surface area contributed by atoms with Crippen molar-refractivity contribution in [1.29, 1.82) is 0 Å². The zero-order valence-electron chi connectivity index (χ0n) is 16.3. The predicted octanol–water partition coefficient (Wildman–Crippen LogP) is 4.02. The summed E-state index contributed by atoms with van der Waals surface area (Å²) in [6.45, 7) is 0.322. The van der Waals surface area contributed by atoms with Gasteiger partial charge >= 0.3 is 5.97 Å².